The molecule has 1 radical (unpaired) electrons. The number of thiocarbonyl (C=S) groups is 1. The number of rotatable bonds is 0. The molecule has 0 aromatic heterocycles. The molecule has 0 amide bonds. The second-order valence-electron chi connectivity index (χ2n) is 2.00. The zero-order valence-corrected chi connectivity index (χ0v) is 6.73. The molecule has 0 spiro atoms. The molecule has 1 aliphatic rings. The van der Waals surface area contributed by atoms with Gasteiger partial charge in [-0.2, -0.15) is 0 Å². The first-order valence-corrected chi connectivity index (χ1v) is 3.79. The van der Waals surface area contributed by atoms with Crippen LogP contribution < -0.4 is 5.32 Å². The van der Waals surface area contributed by atoms with E-state index in [9.17, 15) is 0 Å². The standard InChI is InChI=1S/C5H9N2S2/c8-5(9)7-3-1-6-2-4-7/h6H,1-4H2. The van der Waals surface area contributed by atoms with Crippen molar-refractivity contribution in [2.24, 2.45) is 0 Å². The van der Waals surface area contributed by atoms with Crippen LogP contribution in [0.5, 0.6) is 0 Å². The van der Waals surface area contributed by atoms with E-state index in [0.29, 0.717) is 4.32 Å². The minimum atomic E-state index is 0.608. The van der Waals surface area contributed by atoms with Crippen molar-refractivity contribution in [3.63, 3.8) is 0 Å². The predicted molar refractivity (Wildman–Crippen MR) is 44.6 cm³/mol. The third-order valence-corrected chi connectivity index (χ3v) is 1.89. The van der Waals surface area contributed by atoms with Crippen molar-refractivity contribution >= 4 is 29.2 Å². The summed E-state index contributed by atoms with van der Waals surface area (Å²) in [5.41, 5.74) is 0. The first-order valence-electron chi connectivity index (χ1n) is 2.97. The van der Waals surface area contributed by atoms with E-state index < -0.39 is 0 Å². The van der Waals surface area contributed by atoms with Crippen LogP contribution in [0.2, 0.25) is 0 Å². The lowest BCUT2D eigenvalue weighted by Gasteiger charge is -2.26. The lowest BCUT2D eigenvalue weighted by molar-refractivity contribution is 0.368. The Morgan fingerprint density at radius 1 is 1.33 bits per heavy atom. The van der Waals surface area contributed by atoms with Crippen LogP contribution >= 0.6 is 24.8 Å². The van der Waals surface area contributed by atoms with Crippen molar-refractivity contribution in [2.75, 3.05) is 26.2 Å². The zero-order chi connectivity index (χ0) is 6.69. The molecular formula is C5H9N2S2. The van der Waals surface area contributed by atoms with Gasteiger partial charge in [0.15, 0.2) is 4.32 Å². The van der Waals surface area contributed by atoms with E-state index in [1.165, 1.54) is 0 Å². The Morgan fingerprint density at radius 2 is 1.89 bits per heavy atom. The van der Waals surface area contributed by atoms with Crippen LogP contribution in [0, 0.1) is 0 Å². The molecule has 51 valence electrons. The normalized spacial score (nSPS) is 19.8. The predicted octanol–water partition coefficient (Wildman–Crippen LogP) is 0.374. The van der Waals surface area contributed by atoms with Gasteiger partial charge in [-0.05, 0) is 24.8 Å². The Balaban J connectivity index is 2.31. The molecule has 1 aliphatic heterocycles. The van der Waals surface area contributed by atoms with E-state index in [4.69, 9.17) is 24.8 Å². The largest absolute Gasteiger partial charge is 0.351 e. The highest BCUT2D eigenvalue weighted by molar-refractivity contribution is 8.10. The highest BCUT2D eigenvalue weighted by atomic mass is 32.1. The average Bonchev–Trinajstić information content (AvgIpc) is 1.90. The molecule has 0 aromatic carbocycles. The van der Waals surface area contributed by atoms with Gasteiger partial charge in [0.25, 0.3) is 0 Å². The fourth-order valence-corrected chi connectivity index (χ4v) is 1.21. The number of piperazine rings is 1. The van der Waals surface area contributed by atoms with Crippen molar-refractivity contribution in [3.8, 4) is 0 Å². The minimum absolute atomic E-state index is 0.608. The molecule has 9 heavy (non-hydrogen) atoms. The summed E-state index contributed by atoms with van der Waals surface area (Å²) >= 11 is 9.66. The number of hydrogen-bond acceptors (Lipinski definition) is 2. The molecule has 1 N–H and O–H groups in total. The maximum absolute atomic E-state index is 4.83. The van der Waals surface area contributed by atoms with E-state index in [2.05, 4.69) is 5.32 Å². The monoisotopic (exact) mass is 161 g/mol. The lowest BCUT2D eigenvalue weighted by atomic mass is 10.4. The highest BCUT2D eigenvalue weighted by Crippen LogP contribution is 1.97. The Kier molecular flexibility index (Phi) is 2.63. The van der Waals surface area contributed by atoms with Crippen LogP contribution in [0.3, 0.4) is 0 Å². The van der Waals surface area contributed by atoms with Gasteiger partial charge < -0.3 is 10.2 Å². The smallest absolute Gasteiger partial charge is 0.167 e. The lowest BCUT2D eigenvalue weighted by Crippen LogP contribution is -2.44. The summed E-state index contributed by atoms with van der Waals surface area (Å²) in [6.07, 6.45) is 0. The summed E-state index contributed by atoms with van der Waals surface area (Å²) in [6, 6.07) is 0. The van der Waals surface area contributed by atoms with Crippen LogP contribution in [0.25, 0.3) is 0 Å². The van der Waals surface area contributed by atoms with Crippen LogP contribution in [0.4, 0.5) is 0 Å². The van der Waals surface area contributed by atoms with Crippen molar-refractivity contribution in [1.82, 2.24) is 10.2 Å². The molecule has 0 bridgehead atoms. The molecule has 1 heterocycles. The van der Waals surface area contributed by atoms with E-state index in [1.807, 2.05) is 4.90 Å². The summed E-state index contributed by atoms with van der Waals surface area (Å²) in [5, 5.41) is 3.22. The number of hydrogen-bond donors (Lipinski definition) is 1. The Bertz CT molecular complexity index is 110. The Morgan fingerprint density at radius 3 is 2.22 bits per heavy atom. The van der Waals surface area contributed by atoms with Crippen LogP contribution in [-0.2, 0) is 0 Å². The van der Waals surface area contributed by atoms with Crippen molar-refractivity contribution < 1.29 is 0 Å². The van der Waals surface area contributed by atoms with Gasteiger partial charge in [0, 0.05) is 26.2 Å². The van der Waals surface area contributed by atoms with E-state index in [0.717, 1.165) is 26.2 Å². The van der Waals surface area contributed by atoms with Crippen molar-refractivity contribution in [2.45, 2.75) is 0 Å². The van der Waals surface area contributed by atoms with E-state index in [1.54, 1.807) is 0 Å². The summed E-state index contributed by atoms with van der Waals surface area (Å²) < 4.78 is 0.608. The Labute approximate surface area is 66.0 Å². The quantitative estimate of drug-likeness (QED) is 0.517. The molecule has 1 rings (SSSR count). The third-order valence-electron chi connectivity index (χ3n) is 1.38. The fourth-order valence-electron chi connectivity index (χ4n) is 0.847. The third kappa shape index (κ3) is 2.04. The maximum atomic E-state index is 4.83. The van der Waals surface area contributed by atoms with Gasteiger partial charge in [-0.3, -0.25) is 0 Å². The maximum Gasteiger partial charge on any atom is 0.167 e. The molecule has 1 fully saturated rings. The molecule has 0 aliphatic carbocycles. The summed E-state index contributed by atoms with van der Waals surface area (Å²) in [5.74, 6) is 0. The highest BCUT2D eigenvalue weighted by Gasteiger charge is 2.09. The SMILES string of the molecule is [S]C(=S)N1CCNCC1. The van der Waals surface area contributed by atoms with E-state index in [-0.39, 0.29) is 0 Å². The summed E-state index contributed by atoms with van der Waals surface area (Å²) in [6.45, 7) is 3.97. The van der Waals surface area contributed by atoms with Gasteiger partial charge in [-0.15, -0.1) is 0 Å². The van der Waals surface area contributed by atoms with Gasteiger partial charge in [0.2, 0.25) is 0 Å². The first-order chi connectivity index (χ1) is 4.30. The van der Waals surface area contributed by atoms with Crippen molar-refractivity contribution in [1.29, 1.82) is 0 Å². The van der Waals surface area contributed by atoms with Gasteiger partial charge in [-0.25, -0.2) is 0 Å². The van der Waals surface area contributed by atoms with Gasteiger partial charge in [0.1, 0.15) is 0 Å². The van der Waals surface area contributed by atoms with Crippen LogP contribution in [-0.4, -0.2) is 35.4 Å². The molecule has 4 heteroatoms. The number of nitrogens with one attached hydrogen (secondary N) is 1. The van der Waals surface area contributed by atoms with Gasteiger partial charge in [-0.1, -0.05) is 0 Å². The first kappa shape index (κ1) is 7.18. The molecule has 0 saturated carbocycles. The molecule has 0 aromatic rings. The van der Waals surface area contributed by atoms with E-state index >= 15 is 0 Å². The zero-order valence-electron chi connectivity index (χ0n) is 5.09. The van der Waals surface area contributed by atoms with Crippen LogP contribution in [0.15, 0.2) is 0 Å². The average molecular weight is 161 g/mol. The minimum Gasteiger partial charge on any atom is -0.351 e. The fraction of sp³-hybridized carbons (Fsp3) is 0.800. The molecule has 0 unspecified atom stereocenters. The number of nitrogens with zero attached hydrogens (tertiary/aromatic N) is 1. The second kappa shape index (κ2) is 3.29. The summed E-state index contributed by atoms with van der Waals surface area (Å²) in [7, 11) is 0. The molecule has 1 saturated heterocycles. The topological polar surface area (TPSA) is 15.3 Å². The van der Waals surface area contributed by atoms with Crippen molar-refractivity contribution in [3.05, 3.63) is 0 Å². The molecule has 0 atom stereocenters. The van der Waals surface area contributed by atoms with Gasteiger partial charge in [0.05, 0.1) is 0 Å². The van der Waals surface area contributed by atoms with Gasteiger partial charge >= 0.3 is 0 Å². The Hall–Kier alpha value is 0.0700. The second-order valence-corrected chi connectivity index (χ2v) is 3.03. The molecule has 2 nitrogen and oxygen atoms in total. The summed E-state index contributed by atoms with van der Waals surface area (Å²) in [4.78, 5) is 2.04. The van der Waals surface area contributed by atoms with Crippen LogP contribution in [0.1, 0.15) is 0 Å². The molecular weight excluding hydrogens is 152 g/mol.